The number of aryl methyl sites for hydroxylation is 1. The van der Waals surface area contributed by atoms with Gasteiger partial charge in [-0.1, -0.05) is 35.9 Å². The maximum atomic E-state index is 9.70. The summed E-state index contributed by atoms with van der Waals surface area (Å²) in [5.41, 5.74) is 4.72. The first-order valence-corrected chi connectivity index (χ1v) is 8.06. The Kier molecular flexibility index (Phi) is 4.84. The average molecular weight is 312 g/mol. The molecular weight excluding hydrogens is 288 g/mol. The standard InChI is InChI=1S/C19H24N2O2/c1-13-7-8-17(20-2)14(9-13)10-21-19-15(11-22)12-23-18-6-4-3-5-16(18)19/h3-9,15,19-22H,10-12H2,1-2H3/t15-,19-/m1/s1. The van der Waals surface area contributed by atoms with Crippen LogP contribution in [0.3, 0.4) is 0 Å². The van der Waals surface area contributed by atoms with E-state index in [2.05, 4.69) is 41.8 Å². The third kappa shape index (κ3) is 3.33. The average Bonchev–Trinajstić information content (AvgIpc) is 2.59. The minimum atomic E-state index is 0.0627. The number of nitrogens with one attached hydrogen (secondary N) is 2. The molecule has 3 N–H and O–H groups in total. The maximum Gasteiger partial charge on any atom is 0.124 e. The van der Waals surface area contributed by atoms with Gasteiger partial charge in [0, 0.05) is 36.8 Å². The van der Waals surface area contributed by atoms with Crippen molar-refractivity contribution < 1.29 is 9.84 Å². The predicted octanol–water partition coefficient (Wildman–Crippen LogP) is 2.87. The van der Waals surface area contributed by atoms with E-state index in [9.17, 15) is 5.11 Å². The van der Waals surface area contributed by atoms with Crippen molar-refractivity contribution in [1.29, 1.82) is 0 Å². The molecule has 4 nitrogen and oxygen atoms in total. The highest BCUT2D eigenvalue weighted by Crippen LogP contribution is 2.35. The summed E-state index contributed by atoms with van der Waals surface area (Å²) in [6.07, 6.45) is 0. The molecule has 4 heteroatoms. The van der Waals surface area contributed by atoms with Crippen molar-refractivity contribution in [3.8, 4) is 5.75 Å². The quantitative estimate of drug-likeness (QED) is 0.795. The molecule has 0 aliphatic carbocycles. The van der Waals surface area contributed by atoms with Gasteiger partial charge in [0.1, 0.15) is 5.75 Å². The summed E-state index contributed by atoms with van der Waals surface area (Å²) in [5.74, 6) is 0.973. The van der Waals surface area contributed by atoms with Gasteiger partial charge in [-0.25, -0.2) is 0 Å². The van der Waals surface area contributed by atoms with Crippen LogP contribution in [0, 0.1) is 12.8 Å². The lowest BCUT2D eigenvalue weighted by atomic mass is 9.91. The smallest absolute Gasteiger partial charge is 0.124 e. The Morgan fingerprint density at radius 1 is 1.22 bits per heavy atom. The van der Waals surface area contributed by atoms with Crippen molar-refractivity contribution in [2.75, 3.05) is 25.6 Å². The van der Waals surface area contributed by atoms with E-state index in [0.717, 1.165) is 23.5 Å². The van der Waals surface area contributed by atoms with Gasteiger partial charge in [0.05, 0.1) is 13.2 Å². The second kappa shape index (κ2) is 7.02. The van der Waals surface area contributed by atoms with Crippen molar-refractivity contribution in [1.82, 2.24) is 5.32 Å². The molecule has 3 rings (SSSR count). The number of benzene rings is 2. The van der Waals surface area contributed by atoms with Crippen LogP contribution in [0.25, 0.3) is 0 Å². The van der Waals surface area contributed by atoms with Crippen molar-refractivity contribution in [2.24, 2.45) is 5.92 Å². The van der Waals surface area contributed by atoms with Gasteiger partial charge < -0.3 is 20.5 Å². The Hall–Kier alpha value is -2.04. The summed E-state index contributed by atoms with van der Waals surface area (Å²) in [7, 11) is 1.94. The normalized spacial score (nSPS) is 19.8. The molecule has 0 radical (unpaired) electrons. The molecule has 1 aliphatic rings. The molecule has 0 amide bonds. The Labute approximate surface area is 137 Å². The Morgan fingerprint density at radius 3 is 2.83 bits per heavy atom. The second-order valence-corrected chi connectivity index (χ2v) is 6.06. The molecule has 0 spiro atoms. The molecule has 23 heavy (non-hydrogen) atoms. The summed E-state index contributed by atoms with van der Waals surface area (Å²) < 4.78 is 5.76. The molecule has 0 saturated carbocycles. The summed E-state index contributed by atoms with van der Waals surface area (Å²) >= 11 is 0. The molecule has 1 aliphatic heterocycles. The molecule has 122 valence electrons. The highest BCUT2D eigenvalue weighted by molar-refractivity contribution is 5.52. The van der Waals surface area contributed by atoms with Crippen LogP contribution in [0.4, 0.5) is 5.69 Å². The highest BCUT2D eigenvalue weighted by Gasteiger charge is 2.30. The minimum absolute atomic E-state index is 0.0627. The van der Waals surface area contributed by atoms with Crippen LogP contribution in [-0.4, -0.2) is 25.4 Å². The van der Waals surface area contributed by atoms with Crippen molar-refractivity contribution in [3.05, 3.63) is 59.2 Å². The maximum absolute atomic E-state index is 9.70. The van der Waals surface area contributed by atoms with Crippen LogP contribution < -0.4 is 15.4 Å². The number of aliphatic hydroxyl groups excluding tert-OH is 1. The van der Waals surface area contributed by atoms with Gasteiger partial charge in [-0.3, -0.25) is 0 Å². The molecule has 0 fully saturated rings. The van der Waals surface area contributed by atoms with Gasteiger partial charge in [0.2, 0.25) is 0 Å². The number of hydrogen-bond donors (Lipinski definition) is 3. The first-order chi connectivity index (χ1) is 11.2. The number of para-hydroxylation sites is 1. The molecule has 2 aromatic rings. The van der Waals surface area contributed by atoms with E-state index >= 15 is 0 Å². The second-order valence-electron chi connectivity index (χ2n) is 6.06. The van der Waals surface area contributed by atoms with E-state index in [1.165, 1.54) is 11.1 Å². The van der Waals surface area contributed by atoms with Gasteiger partial charge in [-0.15, -0.1) is 0 Å². The lowest BCUT2D eigenvalue weighted by Gasteiger charge is -2.33. The third-order valence-electron chi connectivity index (χ3n) is 4.46. The number of ether oxygens (including phenoxy) is 1. The van der Waals surface area contributed by atoms with Crippen LogP contribution in [0.5, 0.6) is 5.75 Å². The van der Waals surface area contributed by atoms with E-state index in [1.807, 2.05) is 25.2 Å². The van der Waals surface area contributed by atoms with Gasteiger partial charge in [0.15, 0.2) is 0 Å². The Balaban J connectivity index is 1.82. The molecule has 0 saturated heterocycles. The fraction of sp³-hybridized carbons (Fsp3) is 0.368. The molecule has 0 aromatic heterocycles. The lowest BCUT2D eigenvalue weighted by molar-refractivity contribution is 0.110. The van der Waals surface area contributed by atoms with E-state index in [0.29, 0.717) is 6.61 Å². The number of aliphatic hydroxyl groups is 1. The molecule has 2 aromatic carbocycles. The van der Waals surface area contributed by atoms with Crippen LogP contribution >= 0.6 is 0 Å². The summed E-state index contributed by atoms with van der Waals surface area (Å²) in [6, 6.07) is 14.6. The number of rotatable bonds is 5. The highest BCUT2D eigenvalue weighted by atomic mass is 16.5. The third-order valence-corrected chi connectivity index (χ3v) is 4.46. The number of anilines is 1. The van der Waals surface area contributed by atoms with E-state index in [4.69, 9.17) is 4.74 Å². The Morgan fingerprint density at radius 2 is 2.04 bits per heavy atom. The monoisotopic (exact) mass is 312 g/mol. The fourth-order valence-corrected chi connectivity index (χ4v) is 3.18. The lowest BCUT2D eigenvalue weighted by Crippen LogP contribution is -2.37. The van der Waals surface area contributed by atoms with Crippen LogP contribution in [-0.2, 0) is 6.54 Å². The first-order valence-electron chi connectivity index (χ1n) is 8.06. The van der Waals surface area contributed by atoms with E-state index in [-0.39, 0.29) is 18.6 Å². The summed E-state index contributed by atoms with van der Waals surface area (Å²) in [6.45, 7) is 3.49. The SMILES string of the molecule is CNc1ccc(C)cc1CN[C@H]1c2ccccc2OC[C@H]1CO. The first kappa shape index (κ1) is 15.8. The number of fused-ring (bicyclic) bond motifs is 1. The van der Waals surface area contributed by atoms with Gasteiger partial charge in [0.25, 0.3) is 0 Å². The van der Waals surface area contributed by atoms with Crippen LogP contribution in [0.1, 0.15) is 22.7 Å². The minimum Gasteiger partial charge on any atom is -0.493 e. The predicted molar refractivity (Wildman–Crippen MR) is 92.8 cm³/mol. The molecule has 1 heterocycles. The zero-order chi connectivity index (χ0) is 16.2. The van der Waals surface area contributed by atoms with Crippen molar-refractivity contribution in [3.63, 3.8) is 0 Å². The zero-order valence-electron chi connectivity index (χ0n) is 13.7. The fourth-order valence-electron chi connectivity index (χ4n) is 3.18. The zero-order valence-corrected chi connectivity index (χ0v) is 13.7. The largest absolute Gasteiger partial charge is 0.493 e. The van der Waals surface area contributed by atoms with Crippen LogP contribution in [0.15, 0.2) is 42.5 Å². The van der Waals surface area contributed by atoms with Crippen molar-refractivity contribution in [2.45, 2.75) is 19.5 Å². The van der Waals surface area contributed by atoms with Gasteiger partial charge in [-0.2, -0.15) is 0 Å². The van der Waals surface area contributed by atoms with E-state index < -0.39 is 0 Å². The summed E-state index contributed by atoms with van der Waals surface area (Å²) in [4.78, 5) is 0. The van der Waals surface area contributed by atoms with Crippen LogP contribution in [0.2, 0.25) is 0 Å². The van der Waals surface area contributed by atoms with E-state index in [1.54, 1.807) is 0 Å². The Bertz CT molecular complexity index is 672. The van der Waals surface area contributed by atoms with Gasteiger partial charge in [-0.05, 0) is 24.6 Å². The molecular formula is C19H24N2O2. The topological polar surface area (TPSA) is 53.5 Å². The number of hydrogen-bond acceptors (Lipinski definition) is 4. The molecule has 2 atom stereocenters. The molecule has 0 unspecified atom stereocenters. The summed E-state index contributed by atoms with van der Waals surface area (Å²) in [5, 5.41) is 16.6. The van der Waals surface area contributed by atoms with Crippen molar-refractivity contribution >= 4 is 5.69 Å². The molecule has 0 bridgehead atoms. The van der Waals surface area contributed by atoms with Gasteiger partial charge >= 0.3 is 0 Å².